The van der Waals surface area contributed by atoms with Crippen LogP contribution in [0.3, 0.4) is 0 Å². The maximum absolute atomic E-state index is 13.9. The number of amides is 5. The highest BCUT2D eigenvalue weighted by Crippen LogP contribution is 2.33. The van der Waals surface area contributed by atoms with Gasteiger partial charge in [0.15, 0.2) is 41.9 Å². The molecule has 0 saturated heterocycles. The van der Waals surface area contributed by atoms with Crippen molar-refractivity contribution in [3.63, 3.8) is 0 Å². The van der Waals surface area contributed by atoms with E-state index in [2.05, 4.69) is 133 Å². The number of oxazole rings is 5. The van der Waals surface area contributed by atoms with E-state index in [1.165, 1.54) is 62.1 Å². The fourth-order valence-electron chi connectivity index (χ4n) is 15.7. The van der Waals surface area contributed by atoms with Crippen LogP contribution in [0.5, 0.6) is 11.6 Å². The maximum atomic E-state index is 13.9. The second-order valence-corrected chi connectivity index (χ2v) is 37.5. The van der Waals surface area contributed by atoms with Gasteiger partial charge in [-0.25, -0.2) is 52.7 Å². The van der Waals surface area contributed by atoms with Crippen molar-refractivity contribution in [2.75, 3.05) is 79.2 Å². The van der Waals surface area contributed by atoms with Crippen LogP contribution in [0.4, 0.5) is 13.2 Å². The summed E-state index contributed by atoms with van der Waals surface area (Å²) in [4.78, 5) is 109. The van der Waals surface area contributed by atoms with Gasteiger partial charge in [0.05, 0.1) is 95.0 Å². The lowest BCUT2D eigenvalue weighted by molar-refractivity contribution is 0.0704. The summed E-state index contributed by atoms with van der Waals surface area (Å²) < 4.78 is 79.3. The summed E-state index contributed by atoms with van der Waals surface area (Å²) in [6, 6.07) is 24.9. The lowest BCUT2D eigenvalue weighted by Gasteiger charge is -2.21. The molecule has 11 heterocycles. The number of hydrogen-bond donors (Lipinski definition) is 2. The molecule has 764 valence electrons. The van der Waals surface area contributed by atoms with Gasteiger partial charge in [-0.1, -0.05) is 74.4 Å². The number of likely N-dealkylation sites (N-methyl/N-ethyl adjacent to an activating group) is 5. The van der Waals surface area contributed by atoms with E-state index in [1.807, 2.05) is 66.7 Å². The first-order valence-electron chi connectivity index (χ1n) is 47.4. The SMILES string of the molecule is CCN(CCc1nc(C(C)(C)C)c(C)o1)C(=O)c1cc(F)ccc1-n1nccn1.CCN(CCc1nc(C(C)(C)C)c(C)o1)C(=O)c1ccc(OC)cc1-n1nccn1.CCN(CCc1nc(C(C)(C)C)c(C)o1)C(=O)c1ccccc1-n1nccn1.CCN(CCc1nc(C(C)(C)O)c(C)o1)C(=O)c1cccnc1-n1cccn1.CCN(CCc1nc(C(C)(C)O)c(C)o1)C(=O)c1cccnc1OCC(F)F. The van der Waals surface area contributed by atoms with Crippen LogP contribution in [0.2, 0.25) is 0 Å². The predicted molar refractivity (Wildman–Crippen MR) is 527 cm³/mol. The predicted octanol–water partition coefficient (Wildman–Crippen LogP) is 16.3. The third kappa shape index (κ3) is 29.5. The molecule has 0 unspecified atom stereocenters. The van der Waals surface area contributed by atoms with Crippen LogP contribution in [-0.4, -0.2) is 239 Å². The number of methoxy groups -OCH3 is 1. The summed E-state index contributed by atoms with van der Waals surface area (Å²) in [7, 11) is 1.58. The third-order valence-electron chi connectivity index (χ3n) is 22.6. The minimum absolute atomic E-state index is 0.0604. The summed E-state index contributed by atoms with van der Waals surface area (Å²) >= 11 is 0. The molecule has 0 aliphatic heterocycles. The molecule has 143 heavy (non-hydrogen) atoms. The Balaban J connectivity index is 0.000000184. The Morgan fingerprint density at radius 1 is 0.378 bits per heavy atom. The number of aliphatic hydroxyl groups is 2. The number of benzene rings is 3. The minimum atomic E-state index is -2.66. The van der Waals surface area contributed by atoms with E-state index in [-0.39, 0.29) is 62.8 Å². The average Bonchev–Trinajstić information content (AvgIpc) is 1.77. The van der Waals surface area contributed by atoms with E-state index in [1.54, 1.807) is 172 Å². The van der Waals surface area contributed by atoms with Gasteiger partial charge in [-0.05, 0) is 170 Å². The highest BCUT2D eigenvalue weighted by molar-refractivity contribution is 6.00. The van der Waals surface area contributed by atoms with E-state index in [9.17, 15) is 47.4 Å². The number of nitrogens with zero attached hydrogens (tertiary/aromatic N) is 23. The first-order chi connectivity index (χ1) is 67.7. The standard InChI is InChI=1S/C22H29N5O3.C21H26FN5O2.C21H27N5O2.C20H25N5O3.C19H25F2N3O4/c1-7-26(13-10-19-25-20(15(2)30-19)22(3,4)5)21(28)17-9-8-16(29-6)14-18(17)27-23-11-12-24-27;1-6-26(12-9-18-25-19(14(2)29-18)21(3,4)5)20(28)16-13-15(22)7-8-17(16)27-23-10-11-24-27;1-6-25(14-11-18-24-19(15(2)28-18)21(3,4)5)20(27)16-9-7-8-10-17(16)26-22-12-13-23-26;1-5-24(13-9-16-23-17(14(2)28-16)20(3,4)27)19(26)15-8-6-10-21-18(15)25-12-7-11-22-25;1-5-24(10-8-15-23-16(12(2)28-15)19(3,4)26)18(25)13-7-6-9-22-17(13)27-11-14(20)21/h8-9,11-12,14H,7,10,13H2,1-6H3;7-8,10-11,13H,6,9,12H2,1-5H3;7-10,12-13H,6,11,14H2,1-5H3;6-8,10-12,27H,5,9,13H2,1-4H3;6-7,9,14,26H,5,8,10-11H2,1-4H3. The molecule has 40 heteroatoms. The van der Waals surface area contributed by atoms with Gasteiger partial charge in [-0.15, -0.1) is 0 Å². The number of hydrogen-bond acceptors (Lipinski definition) is 28. The fourth-order valence-corrected chi connectivity index (χ4v) is 15.7. The molecule has 14 rings (SSSR count). The quantitative estimate of drug-likeness (QED) is 0.0372. The zero-order chi connectivity index (χ0) is 105. The number of carbonyl (C=O) groups excluding carboxylic acids is 5. The second kappa shape index (κ2) is 49.1. The van der Waals surface area contributed by atoms with E-state index >= 15 is 0 Å². The normalized spacial score (nSPS) is 11.6. The van der Waals surface area contributed by atoms with Gasteiger partial charge < -0.3 is 66.3 Å². The molecule has 0 radical (unpaired) electrons. The zero-order valence-corrected chi connectivity index (χ0v) is 86.0. The zero-order valence-electron chi connectivity index (χ0n) is 86.0. The summed E-state index contributed by atoms with van der Waals surface area (Å²) in [6.45, 7) is 48.1. The Morgan fingerprint density at radius 2 is 0.713 bits per heavy atom. The van der Waals surface area contributed by atoms with Gasteiger partial charge in [-0.2, -0.15) is 50.1 Å². The smallest absolute Gasteiger partial charge is 0.272 e. The molecule has 37 nitrogen and oxygen atoms in total. The summed E-state index contributed by atoms with van der Waals surface area (Å²) in [5, 5.41) is 49.2. The van der Waals surface area contributed by atoms with E-state index in [0.717, 1.165) is 34.4 Å². The highest BCUT2D eigenvalue weighted by atomic mass is 19.3. The van der Waals surface area contributed by atoms with Gasteiger partial charge in [0.25, 0.3) is 36.0 Å². The molecule has 0 atom stereocenters. The molecule has 3 aromatic carbocycles. The molecule has 0 aliphatic carbocycles. The van der Waals surface area contributed by atoms with Crippen LogP contribution in [0.15, 0.2) is 175 Å². The first kappa shape index (κ1) is 110. The lowest BCUT2D eigenvalue weighted by atomic mass is 9.91. The highest BCUT2D eigenvalue weighted by Gasteiger charge is 2.33. The first-order valence-corrected chi connectivity index (χ1v) is 47.4. The molecule has 0 aliphatic rings. The van der Waals surface area contributed by atoms with Crippen molar-refractivity contribution in [3.05, 3.63) is 273 Å². The van der Waals surface area contributed by atoms with Crippen molar-refractivity contribution in [1.29, 1.82) is 0 Å². The van der Waals surface area contributed by atoms with Crippen LogP contribution in [0.25, 0.3) is 22.9 Å². The molecule has 14 aromatic rings. The van der Waals surface area contributed by atoms with Crippen molar-refractivity contribution in [2.45, 2.75) is 225 Å². The van der Waals surface area contributed by atoms with E-state index < -0.39 is 30.1 Å². The van der Waals surface area contributed by atoms with Crippen LogP contribution < -0.4 is 9.47 Å². The number of para-hydroxylation sites is 1. The molecule has 0 spiro atoms. The number of rotatable bonds is 35. The average molecular weight is 1970 g/mol. The van der Waals surface area contributed by atoms with Crippen molar-refractivity contribution >= 4 is 29.5 Å². The molecule has 5 amide bonds. The minimum Gasteiger partial charge on any atom is -0.497 e. The number of aryl methyl sites for hydroxylation is 5. The van der Waals surface area contributed by atoms with Crippen LogP contribution >= 0.6 is 0 Å². The Labute approximate surface area is 830 Å². The van der Waals surface area contributed by atoms with Crippen LogP contribution in [0, 0.1) is 40.4 Å². The fraction of sp³-hybridized carbons (Fsp3) is 0.447. The largest absolute Gasteiger partial charge is 0.497 e. The Bertz CT molecular complexity index is 6310. The maximum Gasteiger partial charge on any atom is 0.272 e. The van der Waals surface area contributed by atoms with Gasteiger partial charge in [-0.3, -0.25) is 24.0 Å². The summed E-state index contributed by atoms with van der Waals surface area (Å²) in [5.74, 6) is 5.91. The van der Waals surface area contributed by atoms with Crippen molar-refractivity contribution in [1.82, 2.24) is 114 Å². The Hall–Kier alpha value is -14.7. The Morgan fingerprint density at radius 3 is 1.07 bits per heavy atom. The van der Waals surface area contributed by atoms with Gasteiger partial charge in [0, 0.05) is 145 Å². The monoisotopic (exact) mass is 1970 g/mol. The number of aromatic nitrogens is 18. The molecule has 0 bridgehead atoms. The van der Waals surface area contributed by atoms with Crippen molar-refractivity contribution < 1.29 is 78.9 Å². The summed E-state index contributed by atoms with van der Waals surface area (Å²) in [6.07, 6.45) is 15.5. The van der Waals surface area contributed by atoms with E-state index in [4.69, 9.17) is 31.6 Å². The van der Waals surface area contributed by atoms with Gasteiger partial charge in [0.2, 0.25) is 5.88 Å². The molecule has 11 aromatic heterocycles. The van der Waals surface area contributed by atoms with E-state index in [0.29, 0.717) is 195 Å². The van der Waals surface area contributed by atoms with Crippen LogP contribution in [-0.2, 0) is 59.6 Å². The Kier molecular flexibility index (Phi) is 37.9. The number of carbonyl (C=O) groups is 5. The molecule has 0 fully saturated rings. The summed E-state index contributed by atoms with van der Waals surface area (Å²) in [5.41, 5.74) is 4.90. The number of alkyl halides is 2. The molecular formula is C103H132F3N23O14. The van der Waals surface area contributed by atoms with Gasteiger partial charge >= 0.3 is 0 Å². The lowest BCUT2D eigenvalue weighted by Crippen LogP contribution is -2.33. The number of pyridine rings is 2. The second-order valence-electron chi connectivity index (χ2n) is 37.5. The third-order valence-corrected chi connectivity index (χ3v) is 22.6. The number of halogens is 3. The molecule has 2 N–H and O–H groups in total. The topological polar surface area (TPSA) is 426 Å². The van der Waals surface area contributed by atoms with Gasteiger partial charge in [0.1, 0.15) is 74.2 Å². The van der Waals surface area contributed by atoms with Crippen molar-refractivity contribution in [2.24, 2.45) is 0 Å². The van der Waals surface area contributed by atoms with Crippen LogP contribution in [0.1, 0.15) is 263 Å². The van der Waals surface area contributed by atoms with Crippen molar-refractivity contribution in [3.8, 4) is 34.5 Å². The molecule has 0 saturated carbocycles. The number of ether oxygens (including phenoxy) is 2. The molecular weight excluding hydrogens is 1840 g/mol.